The molecule has 0 aliphatic rings. The number of carboxylic acid groups (broad SMARTS) is 1. The predicted molar refractivity (Wildman–Crippen MR) is 82.5 cm³/mol. The van der Waals surface area contributed by atoms with E-state index in [4.69, 9.17) is 4.74 Å². The molecule has 0 heterocycles. The molecule has 0 aliphatic carbocycles. The van der Waals surface area contributed by atoms with Crippen LogP contribution in [-0.4, -0.2) is 24.1 Å². The zero-order valence-corrected chi connectivity index (χ0v) is 11.9. The van der Waals surface area contributed by atoms with Crippen molar-refractivity contribution in [1.29, 1.82) is 0 Å². The lowest BCUT2D eigenvalue weighted by atomic mass is 10.1. The van der Waals surface area contributed by atoms with Crippen LogP contribution < -0.4 is 10.1 Å². The molecular weight excluding hydrogens is 282 g/mol. The highest BCUT2D eigenvalue weighted by Gasteiger charge is 2.14. The number of benzene rings is 2. The minimum absolute atomic E-state index is 0.224. The minimum Gasteiger partial charge on any atom is -0.496 e. The molecule has 0 aromatic heterocycles. The van der Waals surface area contributed by atoms with Gasteiger partial charge in [0.25, 0.3) is 5.91 Å². The van der Waals surface area contributed by atoms with E-state index < -0.39 is 11.9 Å². The highest BCUT2D eigenvalue weighted by molar-refractivity contribution is 6.02. The molecule has 1 amide bonds. The number of nitrogens with one attached hydrogen (secondary N) is 1. The third-order valence-electron chi connectivity index (χ3n) is 2.95. The van der Waals surface area contributed by atoms with Crippen molar-refractivity contribution in [3.8, 4) is 5.75 Å². The molecule has 0 spiro atoms. The first-order chi connectivity index (χ1) is 10.6. The maximum Gasteiger partial charge on any atom is 0.352 e. The van der Waals surface area contributed by atoms with E-state index in [0.29, 0.717) is 16.9 Å². The Morgan fingerprint density at radius 2 is 1.68 bits per heavy atom. The molecule has 2 aromatic carbocycles. The Kier molecular flexibility index (Phi) is 4.93. The van der Waals surface area contributed by atoms with Crippen LogP contribution in [0.25, 0.3) is 6.08 Å². The summed E-state index contributed by atoms with van der Waals surface area (Å²) in [6.45, 7) is 0. The largest absolute Gasteiger partial charge is 0.496 e. The summed E-state index contributed by atoms with van der Waals surface area (Å²) in [5.41, 5.74) is 0.726. The number of rotatable bonds is 5. The van der Waals surface area contributed by atoms with Gasteiger partial charge in [-0.05, 0) is 24.3 Å². The monoisotopic (exact) mass is 297 g/mol. The fourth-order valence-electron chi connectivity index (χ4n) is 1.88. The Morgan fingerprint density at radius 3 is 2.32 bits per heavy atom. The van der Waals surface area contributed by atoms with Gasteiger partial charge in [-0.2, -0.15) is 0 Å². The Balaban J connectivity index is 2.29. The maximum absolute atomic E-state index is 12.1. The van der Waals surface area contributed by atoms with Crippen LogP contribution in [-0.2, 0) is 4.79 Å². The lowest BCUT2D eigenvalue weighted by Gasteiger charge is -2.08. The summed E-state index contributed by atoms with van der Waals surface area (Å²) >= 11 is 0. The van der Waals surface area contributed by atoms with Gasteiger partial charge in [0.15, 0.2) is 0 Å². The molecule has 5 heteroatoms. The summed E-state index contributed by atoms with van der Waals surface area (Å²) in [4.78, 5) is 23.4. The van der Waals surface area contributed by atoms with Crippen LogP contribution in [0.2, 0.25) is 0 Å². The van der Waals surface area contributed by atoms with E-state index in [0.717, 1.165) is 0 Å². The van der Waals surface area contributed by atoms with Gasteiger partial charge in [-0.25, -0.2) is 4.79 Å². The summed E-state index contributed by atoms with van der Waals surface area (Å²) in [7, 11) is 1.50. The SMILES string of the molecule is COc1ccccc1C=C(NC(=O)c1ccccc1)C(=O)O. The summed E-state index contributed by atoms with van der Waals surface area (Å²) in [6, 6.07) is 15.4. The van der Waals surface area contributed by atoms with Gasteiger partial charge < -0.3 is 15.2 Å². The second-order valence-electron chi connectivity index (χ2n) is 4.43. The van der Waals surface area contributed by atoms with Gasteiger partial charge in [0.05, 0.1) is 7.11 Å². The van der Waals surface area contributed by atoms with Crippen molar-refractivity contribution >= 4 is 18.0 Å². The molecule has 0 unspecified atom stereocenters. The molecule has 0 atom stereocenters. The fourth-order valence-corrected chi connectivity index (χ4v) is 1.88. The van der Waals surface area contributed by atoms with Gasteiger partial charge in [-0.3, -0.25) is 4.79 Å². The van der Waals surface area contributed by atoms with E-state index in [1.165, 1.54) is 13.2 Å². The van der Waals surface area contributed by atoms with Crippen LogP contribution in [0.4, 0.5) is 0 Å². The Bertz CT molecular complexity index is 708. The Hall–Kier alpha value is -3.08. The molecule has 0 fully saturated rings. The zero-order valence-electron chi connectivity index (χ0n) is 11.9. The summed E-state index contributed by atoms with van der Waals surface area (Å²) in [6.07, 6.45) is 1.36. The molecule has 0 radical (unpaired) electrons. The van der Waals surface area contributed by atoms with Gasteiger partial charge in [0.2, 0.25) is 0 Å². The quantitative estimate of drug-likeness (QED) is 0.832. The molecule has 5 nitrogen and oxygen atoms in total. The van der Waals surface area contributed by atoms with Crippen LogP contribution in [0.1, 0.15) is 15.9 Å². The molecule has 2 aromatic rings. The van der Waals surface area contributed by atoms with Gasteiger partial charge in [-0.1, -0.05) is 36.4 Å². The second-order valence-corrected chi connectivity index (χ2v) is 4.43. The molecule has 22 heavy (non-hydrogen) atoms. The van der Waals surface area contributed by atoms with Gasteiger partial charge in [-0.15, -0.1) is 0 Å². The lowest BCUT2D eigenvalue weighted by molar-refractivity contribution is -0.132. The van der Waals surface area contributed by atoms with Gasteiger partial charge in [0, 0.05) is 11.1 Å². The van der Waals surface area contributed by atoms with Gasteiger partial charge >= 0.3 is 5.97 Å². The number of hydrogen-bond acceptors (Lipinski definition) is 3. The topological polar surface area (TPSA) is 75.6 Å². The van der Waals surface area contributed by atoms with Crippen molar-refractivity contribution in [1.82, 2.24) is 5.32 Å². The predicted octanol–water partition coefficient (Wildman–Crippen LogP) is 2.55. The van der Waals surface area contributed by atoms with Crippen LogP contribution in [0.15, 0.2) is 60.3 Å². The number of carboxylic acids is 1. The van der Waals surface area contributed by atoms with Crippen LogP contribution in [0.3, 0.4) is 0 Å². The summed E-state index contributed by atoms with van der Waals surface area (Å²) in [5.74, 6) is -1.19. The van der Waals surface area contributed by atoms with Crippen molar-refractivity contribution in [2.45, 2.75) is 0 Å². The van der Waals surface area contributed by atoms with Crippen molar-refractivity contribution in [3.63, 3.8) is 0 Å². The number of hydrogen-bond donors (Lipinski definition) is 2. The third-order valence-corrected chi connectivity index (χ3v) is 2.95. The highest BCUT2D eigenvalue weighted by atomic mass is 16.5. The lowest BCUT2D eigenvalue weighted by Crippen LogP contribution is -2.27. The average molecular weight is 297 g/mol. The number of amides is 1. The van der Waals surface area contributed by atoms with E-state index in [1.807, 2.05) is 0 Å². The van der Waals surface area contributed by atoms with Crippen LogP contribution >= 0.6 is 0 Å². The van der Waals surface area contributed by atoms with Crippen LogP contribution in [0, 0.1) is 0 Å². The average Bonchev–Trinajstić information content (AvgIpc) is 2.55. The minimum atomic E-state index is -1.23. The first kappa shape index (κ1) is 15.3. The number of carbonyl (C=O) groups is 2. The molecule has 0 saturated carbocycles. The van der Waals surface area contributed by atoms with E-state index in [2.05, 4.69) is 5.32 Å². The molecular formula is C17H15NO4. The van der Waals surface area contributed by atoms with E-state index in [9.17, 15) is 14.7 Å². The van der Waals surface area contributed by atoms with E-state index in [1.54, 1.807) is 54.6 Å². The first-order valence-electron chi connectivity index (χ1n) is 6.56. The molecule has 2 rings (SSSR count). The highest BCUT2D eigenvalue weighted by Crippen LogP contribution is 2.20. The molecule has 0 aliphatic heterocycles. The Labute approximate surface area is 127 Å². The molecule has 0 saturated heterocycles. The van der Waals surface area contributed by atoms with Crippen molar-refractivity contribution < 1.29 is 19.4 Å². The normalized spacial score (nSPS) is 10.9. The molecule has 2 N–H and O–H groups in total. The smallest absolute Gasteiger partial charge is 0.352 e. The number of methoxy groups -OCH3 is 1. The number of ether oxygens (including phenoxy) is 1. The van der Waals surface area contributed by atoms with Crippen molar-refractivity contribution in [3.05, 3.63) is 71.4 Å². The Morgan fingerprint density at radius 1 is 1.05 bits per heavy atom. The zero-order chi connectivity index (χ0) is 15.9. The summed E-state index contributed by atoms with van der Waals surface area (Å²) in [5, 5.41) is 11.7. The third kappa shape index (κ3) is 3.73. The van der Waals surface area contributed by atoms with Crippen molar-refractivity contribution in [2.75, 3.05) is 7.11 Å². The van der Waals surface area contributed by atoms with Crippen molar-refractivity contribution in [2.24, 2.45) is 0 Å². The number of aliphatic carboxylic acids is 1. The fraction of sp³-hybridized carbons (Fsp3) is 0.0588. The molecule has 112 valence electrons. The second kappa shape index (κ2) is 7.08. The first-order valence-corrected chi connectivity index (χ1v) is 6.56. The summed E-state index contributed by atoms with van der Waals surface area (Å²) < 4.78 is 5.17. The van der Waals surface area contributed by atoms with E-state index in [-0.39, 0.29) is 5.70 Å². The standard InChI is InChI=1S/C17H15NO4/c1-22-15-10-6-5-9-13(15)11-14(17(20)21)18-16(19)12-7-3-2-4-8-12/h2-11H,1H3,(H,18,19)(H,20,21). The molecule has 0 bridgehead atoms. The van der Waals surface area contributed by atoms with E-state index >= 15 is 0 Å². The van der Waals surface area contributed by atoms with Crippen LogP contribution in [0.5, 0.6) is 5.75 Å². The van der Waals surface area contributed by atoms with Gasteiger partial charge in [0.1, 0.15) is 11.4 Å². The number of carbonyl (C=O) groups excluding carboxylic acids is 1. The number of para-hydroxylation sites is 1. The maximum atomic E-state index is 12.1.